The molecule has 0 aliphatic carbocycles. The average molecular weight is 304 g/mol. The molecule has 0 amide bonds. The smallest absolute Gasteiger partial charge is 0.347 e. The Morgan fingerprint density at radius 2 is 1.81 bits per heavy atom. The molecule has 0 aromatic rings. The van der Waals surface area contributed by atoms with Gasteiger partial charge in [-0.15, -0.1) is 0 Å². The normalized spacial score (nSPS) is 15.0. The first-order chi connectivity index (χ1) is 10.1. The van der Waals surface area contributed by atoms with Gasteiger partial charge >= 0.3 is 5.97 Å². The zero-order valence-corrected chi connectivity index (χ0v) is 13.5. The third-order valence-electron chi connectivity index (χ3n) is 2.80. The molecule has 0 aliphatic rings. The summed E-state index contributed by atoms with van der Waals surface area (Å²) in [6, 6.07) is 0. The van der Waals surface area contributed by atoms with Gasteiger partial charge in [0.25, 0.3) is 6.47 Å². The molecular formula is C15H28O6. The Morgan fingerprint density at radius 1 is 1.10 bits per heavy atom. The van der Waals surface area contributed by atoms with E-state index in [1.54, 1.807) is 6.92 Å². The predicted octanol–water partition coefficient (Wildman–Crippen LogP) is 1.81. The Hall–Kier alpha value is -1.14. The molecule has 0 aromatic heterocycles. The van der Waals surface area contributed by atoms with Crippen molar-refractivity contribution >= 4 is 12.4 Å². The maximum Gasteiger partial charge on any atom is 0.347 e. The molecule has 21 heavy (non-hydrogen) atoms. The Bertz CT molecular complexity index is 281. The van der Waals surface area contributed by atoms with E-state index in [4.69, 9.17) is 18.9 Å². The van der Waals surface area contributed by atoms with Crippen LogP contribution in [0.25, 0.3) is 0 Å². The van der Waals surface area contributed by atoms with E-state index < -0.39 is 12.1 Å². The van der Waals surface area contributed by atoms with Crippen LogP contribution in [0.3, 0.4) is 0 Å². The summed E-state index contributed by atoms with van der Waals surface area (Å²) in [5.74, 6) is -0.703. The van der Waals surface area contributed by atoms with E-state index in [9.17, 15) is 9.59 Å². The minimum atomic E-state index is -0.933. The maximum absolute atomic E-state index is 12.0. The molecule has 0 fully saturated rings. The summed E-state index contributed by atoms with van der Waals surface area (Å²) in [6.07, 6.45) is 0.0225. The molecule has 0 spiro atoms. The predicted molar refractivity (Wildman–Crippen MR) is 77.8 cm³/mol. The molecule has 0 saturated heterocycles. The van der Waals surface area contributed by atoms with Crippen molar-refractivity contribution in [3.05, 3.63) is 0 Å². The summed E-state index contributed by atoms with van der Waals surface area (Å²) in [4.78, 5) is 22.5. The highest BCUT2D eigenvalue weighted by Crippen LogP contribution is 2.11. The Kier molecular flexibility index (Phi) is 11.9. The molecule has 0 radical (unpaired) electrons. The summed E-state index contributed by atoms with van der Waals surface area (Å²) in [7, 11) is 0. The lowest BCUT2D eigenvalue weighted by Gasteiger charge is -2.21. The minimum Gasteiger partial charge on any atom is -0.463 e. The first-order valence-corrected chi connectivity index (χ1v) is 7.47. The largest absolute Gasteiger partial charge is 0.463 e. The topological polar surface area (TPSA) is 71.1 Å². The Morgan fingerprint density at radius 3 is 2.38 bits per heavy atom. The van der Waals surface area contributed by atoms with Gasteiger partial charge in [0.15, 0.2) is 0 Å². The molecule has 3 unspecified atom stereocenters. The van der Waals surface area contributed by atoms with E-state index >= 15 is 0 Å². The number of rotatable bonds is 13. The standard InChI is InChI=1S/C15H28O6/c1-5-7-19-8-12(3)9-20-15(17)14(21-11-16)13(4)10-18-6-2/h11-14H,5-10H2,1-4H3. The summed E-state index contributed by atoms with van der Waals surface area (Å²) in [5, 5.41) is 0. The lowest BCUT2D eigenvalue weighted by molar-refractivity contribution is -0.167. The molecule has 0 N–H and O–H groups in total. The van der Waals surface area contributed by atoms with E-state index in [0.717, 1.165) is 6.42 Å². The van der Waals surface area contributed by atoms with Crippen molar-refractivity contribution < 1.29 is 28.5 Å². The third kappa shape index (κ3) is 9.42. The second-order valence-corrected chi connectivity index (χ2v) is 5.10. The van der Waals surface area contributed by atoms with Crippen LogP contribution in [0.1, 0.15) is 34.1 Å². The average Bonchev–Trinajstić information content (AvgIpc) is 2.48. The van der Waals surface area contributed by atoms with Gasteiger partial charge in [-0.3, -0.25) is 4.79 Å². The van der Waals surface area contributed by atoms with Crippen molar-refractivity contribution in [2.75, 3.05) is 33.0 Å². The van der Waals surface area contributed by atoms with Crippen molar-refractivity contribution in [3.8, 4) is 0 Å². The van der Waals surface area contributed by atoms with Gasteiger partial charge in [-0.1, -0.05) is 20.8 Å². The molecule has 124 valence electrons. The molecule has 6 nitrogen and oxygen atoms in total. The first-order valence-electron chi connectivity index (χ1n) is 7.47. The van der Waals surface area contributed by atoms with Crippen molar-refractivity contribution in [1.82, 2.24) is 0 Å². The van der Waals surface area contributed by atoms with Gasteiger partial charge in [0.05, 0.1) is 19.8 Å². The summed E-state index contributed by atoms with van der Waals surface area (Å²) in [6.45, 7) is 10.2. The van der Waals surface area contributed by atoms with E-state index in [0.29, 0.717) is 26.4 Å². The third-order valence-corrected chi connectivity index (χ3v) is 2.80. The van der Waals surface area contributed by atoms with Gasteiger partial charge in [0.2, 0.25) is 6.10 Å². The van der Waals surface area contributed by atoms with Crippen molar-refractivity contribution in [2.24, 2.45) is 11.8 Å². The van der Waals surface area contributed by atoms with Gasteiger partial charge < -0.3 is 18.9 Å². The number of carbonyl (C=O) groups is 2. The quantitative estimate of drug-likeness (QED) is 0.293. The van der Waals surface area contributed by atoms with Crippen LogP contribution in [-0.4, -0.2) is 51.6 Å². The van der Waals surface area contributed by atoms with Crippen LogP contribution in [0.15, 0.2) is 0 Å². The molecule has 6 heteroatoms. The van der Waals surface area contributed by atoms with Crippen LogP contribution in [0.4, 0.5) is 0 Å². The number of esters is 1. The van der Waals surface area contributed by atoms with E-state index in [-0.39, 0.29) is 24.9 Å². The first kappa shape index (κ1) is 19.9. The van der Waals surface area contributed by atoms with Crippen molar-refractivity contribution in [1.29, 1.82) is 0 Å². The molecule has 0 rings (SSSR count). The van der Waals surface area contributed by atoms with Crippen LogP contribution in [0, 0.1) is 11.8 Å². The van der Waals surface area contributed by atoms with E-state index in [1.165, 1.54) is 0 Å². The molecule has 0 saturated carbocycles. The highest BCUT2D eigenvalue weighted by molar-refractivity contribution is 5.76. The summed E-state index contributed by atoms with van der Waals surface area (Å²) < 4.78 is 20.6. The highest BCUT2D eigenvalue weighted by Gasteiger charge is 2.28. The number of ether oxygens (including phenoxy) is 4. The SMILES string of the molecule is CCCOCC(C)COC(=O)C(OC=O)C(C)COCC. The summed E-state index contributed by atoms with van der Waals surface area (Å²) >= 11 is 0. The minimum absolute atomic E-state index is 0.0968. The zero-order valence-electron chi connectivity index (χ0n) is 13.5. The number of hydrogen-bond acceptors (Lipinski definition) is 6. The lowest BCUT2D eigenvalue weighted by atomic mass is 10.1. The number of carbonyl (C=O) groups excluding carboxylic acids is 2. The number of hydrogen-bond donors (Lipinski definition) is 0. The summed E-state index contributed by atoms with van der Waals surface area (Å²) in [5.41, 5.74) is 0. The van der Waals surface area contributed by atoms with E-state index in [1.807, 2.05) is 20.8 Å². The molecule has 0 heterocycles. The van der Waals surface area contributed by atoms with E-state index in [2.05, 4.69) is 0 Å². The van der Waals surface area contributed by atoms with Crippen molar-refractivity contribution in [3.63, 3.8) is 0 Å². The maximum atomic E-state index is 12.0. The monoisotopic (exact) mass is 304 g/mol. The van der Waals surface area contributed by atoms with Gasteiger partial charge in [-0.05, 0) is 13.3 Å². The fourth-order valence-corrected chi connectivity index (χ4v) is 1.66. The van der Waals surface area contributed by atoms with Crippen LogP contribution >= 0.6 is 0 Å². The van der Waals surface area contributed by atoms with Crippen LogP contribution in [0.5, 0.6) is 0 Å². The molecule has 3 atom stereocenters. The Labute approximate surface area is 127 Å². The zero-order chi connectivity index (χ0) is 16.1. The second kappa shape index (κ2) is 12.6. The highest BCUT2D eigenvalue weighted by atomic mass is 16.6. The fourth-order valence-electron chi connectivity index (χ4n) is 1.66. The fraction of sp³-hybridized carbons (Fsp3) is 0.867. The molecule has 0 aliphatic heterocycles. The second-order valence-electron chi connectivity index (χ2n) is 5.10. The van der Waals surface area contributed by atoms with Crippen LogP contribution in [0.2, 0.25) is 0 Å². The van der Waals surface area contributed by atoms with Crippen LogP contribution < -0.4 is 0 Å². The van der Waals surface area contributed by atoms with Crippen molar-refractivity contribution in [2.45, 2.75) is 40.2 Å². The van der Waals surface area contributed by atoms with Gasteiger partial charge in [0, 0.05) is 25.0 Å². The van der Waals surface area contributed by atoms with Gasteiger partial charge in [0.1, 0.15) is 0 Å². The van der Waals surface area contributed by atoms with Gasteiger partial charge in [-0.2, -0.15) is 0 Å². The Balaban J connectivity index is 4.18. The van der Waals surface area contributed by atoms with Crippen LogP contribution in [-0.2, 0) is 28.5 Å². The molecule has 0 bridgehead atoms. The lowest BCUT2D eigenvalue weighted by Crippen LogP contribution is -2.36. The van der Waals surface area contributed by atoms with Gasteiger partial charge in [-0.25, -0.2) is 4.79 Å². The molecule has 0 aromatic carbocycles. The molecular weight excluding hydrogens is 276 g/mol.